The molecule has 6 heteroatoms. The van der Waals surface area contributed by atoms with Crippen LogP contribution < -0.4 is 5.32 Å². The Bertz CT molecular complexity index is 286. The molecule has 4 N–H and O–H groups in total. The van der Waals surface area contributed by atoms with Crippen molar-refractivity contribution in [3.05, 3.63) is 0 Å². The van der Waals surface area contributed by atoms with Crippen LogP contribution in [-0.2, 0) is 9.59 Å². The van der Waals surface area contributed by atoms with Crippen LogP contribution in [0.25, 0.3) is 0 Å². The van der Waals surface area contributed by atoms with Gasteiger partial charge in [0.05, 0.1) is 18.1 Å². The van der Waals surface area contributed by atoms with Gasteiger partial charge in [0.25, 0.3) is 0 Å². The van der Waals surface area contributed by atoms with Crippen molar-refractivity contribution in [1.29, 1.82) is 0 Å². The normalized spacial score (nSPS) is 19.9. The fraction of sp³-hybridized carbons (Fsp3) is 0.818. The van der Waals surface area contributed by atoms with Gasteiger partial charge in [0.15, 0.2) is 0 Å². The van der Waals surface area contributed by atoms with Crippen LogP contribution in [0.2, 0.25) is 0 Å². The lowest BCUT2D eigenvalue weighted by atomic mass is 9.82. The third kappa shape index (κ3) is 3.67. The van der Waals surface area contributed by atoms with E-state index < -0.39 is 24.1 Å². The first-order valence-corrected chi connectivity index (χ1v) is 5.79. The Balaban J connectivity index is 2.45. The van der Waals surface area contributed by atoms with E-state index in [1.165, 1.54) is 0 Å². The van der Waals surface area contributed by atoms with Crippen LogP contribution in [0, 0.1) is 5.41 Å². The number of amides is 1. The first-order chi connectivity index (χ1) is 8.00. The monoisotopic (exact) mass is 245 g/mol. The maximum Gasteiger partial charge on any atom is 0.310 e. The first-order valence-electron chi connectivity index (χ1n) is 5.79. The number of aliphatic hydroxyl groups is 2. The van der Waals surface area contributed by atoms with Gasteiger partial charge < -0.3 is 20.6 Å². The third-order valence-electron chi connectivity index (χ3n) is 3.26. The number of aliphatic hydroxyl groups excluding tert-OH is 2. The topological polar surface area (TPSA) is 107 Å². The van der Waals surface area contributed by atoms with Crippen LogP contribution in [0.15, 0.2) is 0 Å². The minimum Gasteiger partial charge on any atom is -0.481 e. The summed E-state index contributed by atoms with van der Waals surface area (Å²) in [7, 11) is 0. The molecule has 0 bridgehead atoms. The highest BCUT2D eigenvalue weighted by molar-refractivity contribution is 5.85. The smallest absolute Gasteiger partial charge is 0.310 e. The fourth-order valence-electron chi connectivity index (χ4n) is 2.18. The zero-order chi connectivity index (χ0) is 12.9. The Morgan fingerprint density at radius 3 is 2.35 bits per heavy atom. The van der Waals surface area contributed by atoms with E-state index in [0.717, 1.165) is 12.8 Å². The summed E-state index contributed by atoms with van der Waals surface area (Å²) in [4.78, 5) is 22.7. The molecule has 0 aromatic rings. The number of carbonyl (C=O) groups is 2. The predicted octanol–water partition coefficient (Wildman–Crippen LogP) is -0.509. The Hall–Kier alpha value is -1.14. The molecule has 1 rings (SSSR count). The molecule has 0 aromatic heterocycles. The van der Waals surface area contributed by atoms with E-state index in [4.69, 9.17) is 15.3 Å². The molecular formula is C11H19NO5. The molecule has 1 fully saturated rings. The molecular weight excluding hydrogens is 226 g/mol. The van der Waals surface area contributed by atoms with Crippen molar-refractivity contribution >= 4 is 11.9 Å². The Kier molecular flexibility index (Phi) is 4.89. The molecule has 1 saturated carbocycles. The van der Waals surface area contributed by atoms with Crippen molar-refractivity contribution in [2.45, 2.75) is 38.2 Å². The van der Waals surface area contributed by atoms with E-state index in [0.29, 0.717) is 12.8 Å². The molecule has 0 heterocycles. The van der Waals surface area contributed by atoms with Crippen LogP contribution in [-0.4, -0.2) is 46.5 Å². The third-order valence-corrected chi connectivity index (χ3v) is 3.26. The number of carboxylic acids is 1. The molecule has 17 heavy (non-hydrogen) atoms. The fourth-order valence-corrected chi connectivity index (χ4v) is 2.18. The lowest BCUT2D eigenvalue weighted by Crippen LogP contribution is -2.39. The lowest BCUT2D eigenvalue weighted by molar-refractivity contribution is -0.151. The van der Waals surface area contributed by atoms with Crippen molar-refractivity contribution in [2.75, 3.05) is 13.2 Å². The number of carboxylic acid groups (broad SMARTS) is 1. The van der Waals surface area contributed by atoms with Gasteiger partial charge >= 0.3 is 5.97 Å². The predicted molar refractivity (Wildman–Crippen MR) is 59.3 cm³/mol. The lowest BCUT2D eigenvalue weighted by Gasteiger charge is -2.23. The molecule has 0 saturated heterocycles. The van der Waals surface area contributed by atoms with Gasteiger partial charge in [-0.1, -0.05) is 12.8 Å². The van der Waals surface area contributed by atoms with E-state index in [9.17, 15) is 9.59 Å². The number of rotatable bonds is 6. The summed E-state index contributed by atoms with van der Waals surface area (Å²) in [6.07, 6.45) is 1.66. The van der Waals surface area contributed by atoms with Crippen LogP contribution >= 0.6 is 0 Å². The molecule has 1 atom stereocenters. The molecule has 0 aliphatic heterocycles. The molecule has 0 spiro atoms. The van der Waals surface area contributed by atoms with Crippen molar-refractivity contribution in [3.63, 3.8) is 0 Å². The Morgan fingerprint density at radius 1 is 1.29 bits per heavy atom. The number of hydrogen-bond donors (Lipinski definition) is 4. The molecule has 1 amide bonds. The zero-order valence-corrected chi connectivity index (χ0v) is 9.69. The minimum atomic E-state index is -0.997. The first kappa shape index (κ1) is 13.9. The zero-order valence-electron chi connectivity index (χ0n) is 9.69. The molecule has 0 radical (unpaired) electrons. The summed E-state index contributed by atoms with van der Waals surface area (Å²) in [5.74, 6) is -1.31. The summed E-state index contributed by atoms with van der Waals surface area (Å²) in [5, 5.41) is 29.2. The van der Waals surface area contributed by atoms with E-state index in [2.05, 4.69) is 5.32 Å². The van der Waals surface area contributed by atoms with Crippen molar-refractivity contribution < 1.29 is 24.9 Å². The highest BCUT2D eigenvalue weighted by Gasteiger charge is 2.42. The van der Waals surface area contributed by atoms with Gasteiger partial charge in [-0.2, -0.15) is 0 Å². The summed E-state index contributed by atoms with van der Waals surface area (Å²) in [5.41, 5.74) is -0.936. The second kappa shape index (κ2) is 5.97. The Morgan fingerprint density at radius 2 is 1.88 bits per heavy atom. The molecule has 1 aliphatic carbocycles. The minimum absolute atomic E-state index is 0.0506. The Labute approximate surface area is 99.6 Å². The van der Waals surface area contributed by atoms with Gasteiger partial charge in [-0.05, 0) is 12.8 Å². The van der Waals surface area contributed by atoms with Gasteiger partial charge in [0.2, 0.25) is 5.91 Å². The quantitative estimate of drug-likeness (QED) is 0.504. The van der Waals surface area contributed by atoms with Gasteiger partial charge in [0, 0.05) is 13.0 Å². The van der Waals surface area contributed by atoms with E-state index >= 15 is 0 Å². The average molecular weight is 245 g/mol. The maximum absolute atomic E-state index is 11.6. The molecule has 6 nitrogen and oxygen atoms in total. The average Bonchev–Trinajstić information content (AvgIpc) is 2.75. The number of nitrogens with one attached hydrogen (secondary N) is 1. The number of carbonyl (C=O) groups excluding carboxylic acids is 1. The summed E-state index contributed by atoms with van der Waals surface area (Å²) in [6.45, 7) is -0.477. The SMILES string of the molecule is O=C(CC1(C(=O)O)CCCC1)NCC(O)CO. The van der Waals surface area contributed by atoms with Gasteiger partial charge in [0.1, 0.15) is 0 Å². The molecule has 1 unspecified atom stereocenters. The van der Waals surface area contributed by atoms with Crippen LogP contribution in [0.4, 0.5) is 0 Å². The van der Waals surface area contributed by atoms with E-state index in [-0.39, 0.29) is 18.9 Å². The largest absolute Gasteiger partial charge is 0.481 e. The van der Waals surface area contributed by atoms with Crippen LogP contribution in [0.3, 0.4) is 0 Å². The standard InChI is InChI=1S/C11H19NO5/c13-7-8(14)6-12-9(15)5-11(10(16)17)3-1-2-4-11/h8,13-14H,1-7H2,(H,12,15)(H,16,17). The summed E-state index contributed by atoms with van der Waals surface area (Å²) in [6, 6.07) is 0. The number of hydrogen-bond acceptors (Lipinski definition) is 4. The van der Waals surface area contributed by atoms with E-state index in [1.54, 1.807) is 0 Å². The van der Waals surface area contributed by atoms with Crippen molar-refractivity contribution in [2.24, 2.45) is 5.41 Å². The van der Waals surface area contributed by atoms with Gasteiger partial charge in [-0.25, -0.2) is 0 Å². The highest BCUT2D eigenvalue weighted by Crippen LogP contribution is 2.41. The molecule has 1 aliphatic rings. The van der Waals surface area contributed by atoms with Gasteiger partial charge in [-0.15, -0.1) is 0 Å². The second-order valence-electron chi connectivity index (χ2n) is 4.61. The second-order valence-corrected chi connectivity index (χ2v) is 4.61. The molecule has 98 valence electrons. The highest BCUT2D eigenvalue weighted by atomic mass is 16.4. The summed E-state index contributed by atoms with van der Waals surface area (Å²) < 4.78 is 0. The molecule has 0 aromatic carbocycles. The number of aliphatic carboxylic acids is 1. The van der Waals surface area contributed by atoms with Crippen LogP contribution in [0.5, 0.6) is 0 Å². The summed E-state index contributed by atoms with van der Waals surface area (Å²) >= 11 is 0. The van der Waals surface area contributed by atoms with E-state index in [1.807, 2.05) is 0 Å². The maximum atomic E-state index is 11.6. The van der Waals surface area contributed by atoms with Crippen molar-refractivity contribution in [1.82, 2.24) is 5.32 Å². The van der Waals surface area contributed by atoms with Crippen molar-refractivity contribution in [3.8, 4) is 0 Å². The van der Waals surface area contributed by atoms with Gasteiger partial charge in [-0.3, -0.25) is 9.59 Å². The van der Waals surface area contributed by atoms with Crippen LogP contribution in [0.1, 0.15) is 32.1 Å².